The molecule has 3 heterocycles. The SMILES string of the molecule is Cc1ncc(Cl)c(N2CCCN(C)C3(CCN(C)CC3)C2)n1. The Labute approximate surface area is 138 Å². The molecule has 1 aromatic rings. The Morgan fingerprint density at radius 1 is 1.14 bits per heavy atom. The molecular formula is C16H26ClN5. The lowest BCUT2D eigenvalue weighted by molar-refractivity contribution is 0.0604. The van der Waals surface area contributed by atoms with E-state index in [0.29, 0.717) is 5.02 Å². The van der Waals surface area contributed by atoms with E-state index in [-0.39, 0.29) is 5.54 Å². The number of hydrogen-bond donors (Lipinski definition) is 0. The van der Waals surface area contributed by atoms with Crippen LogP contribution in [0.4, 0.5) is 5.82 Å². The predicted molar refractivity (Wildman–Crippen MR) is 90.7 cm³/mol. The van der Waals surface area contributed by atoms with E-state index >= 15 is 0 Å². The summed E-state index contributed by atoms with van der Waals surface area (Å²) in [6.07, 6.45) is 5.29. The molecule has 0 atom stereocenters. The Balaban J connectivity index is 1.88. The van der Waals surface area contributed by atoms with Gasteiger partial charge in [0, 0.05) is 25.2 Å². The van der Waals surface area contributed by atoms with Crippen molar-refractivity contribution in [1.82, 2.24) is 19.8 Å². The molecule has 3 rings (SSSR count). The van der Waals surface area contributed by atoms with Crippen molar-refractivity contribution in [2.24, 2.45) is 0 Å². The highest BCUT2D eigenvalue weighted by atomic mass is 35.5. The number of likely N-dealkylation sites (N-methyl/N-ethyl adjacent to an activating group) is 1. The van der Waals surface area contributed by atoms with Crippen LogP contribution in [0, 0.1) is 6.92 Å². The van der Waals surface area contributed by atoms with Gasteiger partial charge in [0.25, 0.3) is 0 Å². The van der Waals surface area contributed by atoms with Crippen LogP contribution in [0.5, 0.6) is 0 Å². The van der Waals surface area contributed by atoms with Crippen molar-refractivity contribution in [3.8, 4) is 0 Å². The molecule has 2 aliphatic heterocycles. The Morgan fingerprint density at radius 2 is 1.86 bits per heavy atom. The second-order valence-electron chi connectivity index (χ2n) is 6.81. The summed E-state index contributed by atoms with van der Waals surface area (Å²) >= 11 is 6.38. The number of halogens is 1. The fraction of sp³-hybridized carbons (Fsp3) is 0.750. The summed E-state index contributed by atoms with van der Waals surface area (Å²) in [5.41, 5.74) is 0.241. The molecule has 2 aliphatic rings. The number of likely N-dealkylation sites (tertiary alicyclic amines) is 1. The fourth-order valence-electron chi connectivity index (χ4n) is 3.71. The second-order valence-corrected chi connectivity index (χ2v) is 7.22. The second kappa shape index (κ2) is 6.30. The molecule has 1 aromatic heterocycles. The van der Waals surface area contributed by atoms with Crippen LogP contribution in [0.15, 0.2) is 6.20 Å². The van der Waals surface area contributed by atoms with Crippen LogP contribution < -0.4 is 4.90 Å². The molecule has 1 spiro atoms. The molecule has 0 saturated carbocycles. The largest absolute Gasteiger partial charge is 0.353 e. The average Bonchev–Trinajstić information content (AvgIpc) is 2.65. The third-order valence-corrected chi connectivity index (χ3v) is 5.55. The lowest BCUT2D eigenvalue weighted by Gasteiger charge is -2.47. The maximum Gasteiger partial charge on any atom is 0.151 e. The first kappa shape index (κ1) is 16.0. The maximum atomic E-state index is 6.38. The van der Waals surface area contributed by atoms with E-state index in [9.17, 15) is 0 Å². The third kappa shape index (κ3) is 3.07. The van der Waals surface area contributed by atoms with Gasteiger partial charge in [-0.3, -0.25) is 4.90 Å². The first-order valence-corrected chi connectivity index (χ1v) is 8.52. The van der Waals surface area contributed by atoms with Crippen LogP contribution in [0.3, 0.4) is 0 Å². The van der Waals surface area contributed by atoms with Crippen LogP contribution >= 0.6 is 11.6 Å². The molecular weight excluding hydrogens is 298 g/mol. The van der Waals surface area contributed by atoms with Gasteiger partial charge in [-0.1, -0.05) is 11.6 Å². The molecule has 6 heteroatoms. The zero-order valence-corrected chi connectivity index (χ0v) is 14.6. The molecule has 2 saturated heterocycles. The summed E-state index contributed by atoms with van der Waals surface area (Å²) in [5, 5.41) is 0.665. The molecule has 0 bridgehead atoms. The normalized spacial score (nSPS) is 23.7. The van der Waals surface area contributed by atoms with Crippen molar-refractivity contribution in [3.05, 3.63) is 17.0 Å². The Kier molecular flexibility index (Phi) is 4.57. The van der Waals surface area contributed by atoms with E-state index in [0.717, 1.165) is 50.8 Å². The van der Waals surface area contributed by atoms with Gasteiger partial charge in [-0.15, -0.1) is 0 Å². The van der Waals surface area contributed by atoms with Crippen molar-refractivity contribution in [3.63, 3.8) is 0 Å². The van der Waals surface area contributed by atoms with E-state index in [1.165, 1.54) is 12.8 Å². The summed E-state index contributed by atoms with van der Waals surface area (Å²) in [5.74, 6) is 1.69. The summed E-state index contributed by atoms with van der Waals surface area (Å²) in [7, 11) is 4.49. The molecule has 0 amide bonds. The van der Waals surface area contributed by atoms with Crippen LogP contribution in [-0.4, -0.2) is 72.1 Å². The van der Waals surface area contributed by atoms with Gasteiger partial charge >= 0.3 is 0 Å². The zero-order chi connectivity index (χ0) is 15.7. The van der Waals surface area contributed by atoms with E-state index in [1.807, 2.05) is 6.92 Å². The minimum absolute atomic E-state index is 0.241. The molecule has 22 heavy (non-hydrogen) atoms. The molecule has 0 aromatic carbocycles. The van der Waals surface area contributed by atoms with Gasteiger partial charge in [0.05, 0.1) is 6.20 Å². The Morgan fingerprint density at radius 3 is 2.59 bits per heavy atom. The highest BCUT2D eigenvalue weighted by Crippen LogP contribution is 2.34. The van der Waals surface area contributed by atoms with Gasteiger partial charge in [0.15, 0.2) is 5.82 Å². The van der Waals surface area contributed by atoms with Gasteiger partial charge in [0.2, 0.25) is 0 Å². The number of rotatable bonds is 1. The monoisotopic (exact) mass is 323 g/mol. The molecule has 0 aliphatic carbocycles. The molecule has 5 nitrogen and oxygen atoms in total. The molecule has 2 fully saturated rings. The standard InChI is InChI=1S/C16H26ClN5/c1-13-18-11-14(17)15(19-13)22-8-4-7-21(3)16(12-22)5-9-20(2)10-6-16/h11H,4-10,12H2,1-3H3. The lowest BCUT2D eigenvalue weighted by atomic mass is 9.85. The van der Waals surface area contributed by atoms with Crippen LogP contribution in [0.2, 0.25) is 5.02 Å². The minimum atomic E-state index is 0.241. The molecule has 0 unspecified atom stereocenters. The Bertz CT molecular complexity index is 527. The summed E-state index contributed by atoms with van der Waals surface area (Å²) in [6, 6.07) is 0. The number of hydrogen-bond acceptors (Lipinski definition) is 5. The van der Waals surface area contributed by atoms with E-state index in [1.54, 1.807) is 6.20 Å². The van der Waals surface area contributed by atoms with E-state index in [2.05, 4.69) is 38.8 Å². The van der Waals surface area contributed by atoms with Gasteiger partial charge in [0.1, 0.15) is 10.8 Å². The third-order valence-electron chi connectivity index (χ3n) is 5.28. The Hall–Kier alpha value is -0.910. The van der Waals surface area contributed by atoms with Gasteiger partial charge in [-0.2, -0.15) is 0 Å². The van der Waals surface area contributed by atoms with Gasteiger partial charge in [-0.05, 0) is 53.4 Å². The smallest absolute Gasteiger partial charge is 0.151 e. The van der Waals surface area contributed by atoms with Gasteiger partial charge in [-0.25, -0.2) is 9.97 Å². The van der Waals surface area contributed by atoms with Crippen LogP contribution in [0.1, 0.15) is 25.1 Å². The summed E-state index contributed by atoms with van der Waals surface area (Å²) in [6.45, 7) is 7.41. The lowest BCUT2D eigenvalue weighted by Crippen LogP contribution is -2.57. The number of aromatic nitrogens is 2. The van der Waals surface area contributed by atoms with Crippen molar-refractivity contribution in [2.75, 3.05) is 51.7 Å². The quantitative estimate of drug-likeness (QED) is 0.790. The number of aryl methyl sites for hydroxylation is 1. The predicted octanol–water partition coefficient (Wildman–Crippen LogP) is 2.04. The summed E-state index contributed by atoms with van der Waals surface area (Å²) < 4.78 is 0. The number of anilines is 1. The van der Waals surface area contributed by atoms with Gasteiger partial charge < -0.3 is 9.80 Å². The minimum Gasteiger partial charge on any atom is -0.353 e. The highest BCUT2D eigenvalue weighted by Gasteiger charge is 2.40. The fourth-order valence-corrected chi connectivity index (χ4v) is 3.92. The van der Waals surface area contributed by atoms with E-state index < -0.39 is 0 Å². The number of nitrogens with zero attached hydrogens (tertiary/aromatic N) is 5. The first-order chi connectivity index (χ1) is 10.5. The zero-order valence-electron chi connectivity index (χ0n) is 13.8. The topological polar surface area (TPSA) is 35.5 Å². The first-order valence-electron chi connectivity index (χ1n) is 8.14. The maximum absolute atomic E-state index is 6.38. The highest BCUT2D eigenvalue weighted by molar-refractivity contribution is 6.32. The average molecular weight is 324 g/mol. The van der Waals surface area contributed by atoms with Crippen molar-refractivity contribution < 1.29 is 0 Å². The number of piperidine rings is 1. The molecule has 122 valence electrons. The summed E-state index contributed by atoms with van der Waals surface area (Å²) in [4.78, 5) is 16.2. The van der Waals surface area contributed by atoms with Crippen molar-refractivity contribution in [1.29, 1.82) is 0 Å². The molecule has 0 radical (unpaired) electrons. The van der Waals surface area contributed by atoms with Crippen molar-refractivity contribution >= 4 is 17.4 Å². The van der Waals surface area contributed by atoms with Crippen LogP contribution in [0.25, 0.3) is 0 Å². The van der Waals surface area contributed by atoms with Crippen molar-refractivity contribution in [2.45, 2.75) is 31.7 Å². The molecule has 0 N–H and O–H groups in total. The van der Waals surface area contributed by atoms with E-state index in [4.69, 9.17) is 11.6 Å². The van der Waals surface area contributed by atoms with Crippen LogP contribution in [-0.2, 0) is 0 Å².